The SMILES string of the molecule is O=C(CN1CCN(C(=O)CCc2ncc(-c3ccccc3Cl)o2)CC1)Nc1ccccc1Cl. The van der Waals surface area contributed by atoms with Crippen molar-refractivity contribution in [3.8, 4) is 11.3 Å². The second-order valence-electron chi connectivity index (χ2n) is 7.78. The Kier molecular flexibility index (Phi) is 7.65. The summed E-state index contributed by atoms with van der Waals surface area (Å²) in [5, 5.41) is 3.93. The molecule has 1 aromatic heterocycles. The molecule has 2 heterocycles. The third-order valence-electron chi connectivity index (χ3n) is 5.49. The van der Waals surface area contributed by atoms with Crippen LogP contribution in [0.4, 0.5) is 5.69 Å². The molecule has 4 rings (SSSR count). The Morgan fingerprint density at radius 1 is 0.970 bits per heavy atom. The van der Waals surface area contributed by atoms with E-state index >= 15 is 0 Å². The average Bonchev–Trinajstić information content (AvgIpc) is 3.28. The van der Waals surface area contributed by atoms with E-state index in [0.29, 0.717) is 66.4 Å². The molecule has 1 fully saturated rings. The van der Waals surface area contributed by atoms with Crippen molar-refractivity contribution in [1.82, 2.24) is 14.8 Å². The molecule has 2 aromatic carbocycles. The first-order chi connectivity index (χ1) is 16.0. The van der Waals surface area contributed by atoms with Crippen LogP contribution in [-0.2, 0) is 16.0 Å². The van der Waals surface area contributed by atoms with Gasteiger partial charge in [0.15, 0.2) is 11.7 Å². The fraction of sp³-hybridized carbons (Fsp3) is 0.292. The lowest BCUT2D eigenvalue weighted by Gasteiger charge is -2.34. The van der Waals surface area contributed by atoms with E-state index in [1.165, 1.54) is 0 Å². The molecule has 1 saturated heterocycles. The molecule has 172 valence electrons. The molecule has 0 bridgehead atoms. The van der Waals surface area contributed by atoms with Crippen LogP contribution in [0.1, 0.15) is 12.3 Å². The van der Waals surface area contributed by atoms with E-state index in [0.717, 1.165) is 5.56 Å². The number of rotatable bonds is 7. The molecule has 1 aliphatic rings. The van der Waals surface area contributed by atoms with Crippen molar-refractivity contribution in [3.05, 3.63) is 70.7 Å². The van der Waals surface area contributed by atoms with E-state index in [1.807, 2.05) is 40.1 Å². The van der Waals surface area contributed by atoms with Crippen LogP contribution in [0, 0.1) is 0 Å². The number of aromatic nitrogens is 1. The highest BCUT2D eigenvalue weighted by molar-refractivity contribution is 6.33. The topological polar surface area (TPSA) is 78.7 Å². The maximum atomic E-state index is 12.6. The van der Waals surface area contributed by atoms with Crippen LogP contribution < -0.4 is 5.32 Å². The number of carbonyl (C=O) groups is 2. The Morgan fingerprint density at radius 3 is 2.39 bits per heavy atom. The van der Waals surface area contributed by atoms with Gasteiger partial charge in [0.2, 0.25) is 11.8 Å². The Hall–Kier alpha value is -2.87. The van der Waals surface area contributed by atoms with Gasteiger partial charge >= 0.3 is 0 Å². The highest BCUT2D eigenvalue weighted by Crippen LogP contribution is 2.28. The van der Waals surface area contributed by atoms with E-state index in [4.69, 9.17) is 27.6 Å². The van der Waals surface area contributed by atoms with Gasteiger partial charge in [0.25, 0.3) is 0 Å². The lowest BCUT2D eigenvalue weighted by Crippen LogP contribution is -2.50. The number of oxazole rings is 1. The summed E-state index contributed by atoms with van der Waals surface area (Å²) in [6.45, 7) is 2.69. The molecule has 1 aliphatic heterocycles. The summed E-state index contributed by atoms with van der Waals surface area (Å²) in [4.78, 5) is 33.1. The number of aryl methyl sites for hydroxylation is 1. The zero-order valence-corrected chi connectivity index (χ0v) is 19.5. The normalized spacial score (nSPS) is 14.3. The number of nitrogens with one attached hydrogen (secondary N) is 1. The van der Waals surface area contributed by atoms with Gasteiger partial charge in [-0.1, -0.05) is 47.5 Å². The quantitative estimate of drug-likeness (QED) is 0.536. The molecule has 0 aliphatic carbocycles. The molecule has 9 heteroatoms. The van der Waals surface area contributed by atoms with Gasteiger partial charge in [0.1, 0.15) is 0 Å². The summed E-state index contributed by atoms with van der Waals surface area (Å²) >= 11 is 12.3. The van der Waals surface area contributed by atoms with Gasteiger partial charge in [-0.05, 0) is 24.3 Å². The maximum absolute atomic E-state index is 12.6. The molecule has 33 heavy (non-hydrogen) atoms. The van der Waals surface area contributed by atoms with Gasteiger partial charge in [-0.2, -0.15) is 0 Å². The first-order valence-corrected chi connectivity index (χ1v) is 11.5. The smallest absolute Gasteiger partial charge is 0.238 e. The van der Waals surface area contributed by atoms with E-state index in [-0.39, 0.29) is 18.4 Å². The highest BCUT2D eigenvalue weighted by atomic mass is 35.5. The summed E-state index contributed by atoms with van der Waals surface area (Å²) < 4.78 is 5.78. The largest absolute Gasteiger partial charge is 0.441 e. The monoisotopic (exact) mass is 486 g/mol. The number of nitrogens with zero attached hydrogens (tertiary/aromatic N) is 3. The number of hydrogen-bond acceptors (Lipinski definition) is 5. The van der Waals surface area contributed by atoms with Crippen LogP contribution in [-0.4, -0.2) is 59.3 Å². The number of carbonyl (C=O) groups excluding carboxylic acids is 2. The minimum atomic E-state index is -0.124. The van der Waals surface area contributed by atoms with Gasteiger partial charge < -0.3 is 14.6 Å². The van der Waals surface area contributed by atoms with Crippen LogP contribution in [0.25, 0.3) is 11.3 Å². The van der Waals surface area contributed by atoms with Crippen molar-refractivity contribution >= 4 is 40.7 Å². The van der Waals surface area contributed by atoms with Crippen molar-refractivity contribution in [3.63, 3.8) is 0 Å². The molecule has 7 nitrogen and oxygen atoms in total. The molecule has 0 radical (unpaired) electrons. The number of piperazine rings is 1. The Bertz CT molecular complexity index is 1130. The average molecular weight is 487 g/mol. The van der Waals surface area contributed by atoms with Crippen molar-refractivity contribution in [2.75, 3.05) is 38.0 Å². The highest BCUT2D eigenvalue weighted by Gasteiger charge is 2.23. The van der Waals surface area contributed by atoms with Crippen LogP contribution in [0.2, 0.25) is 10.0 Å². The molecular weight excluding hydrogens is 463 g/mol. The Balaban J connectivity index is 1.21. The summed E-state index contributed by atoms with van der Waals surface area (Å²) in [7, 11) is 0. The number of hydrogen-bond donors (Lipinski definition) is 1. The Labute approximate surface area is 202 Å². The molecule has 0 spiro atoms. The summed E-state index contributed by atoms with van der Waals surface area (Å²) in [6.07, 6.45) is 2.37. The van der Waals surface area contributed by atoms with E-state index in [2.05, 4.69) is 10.3 Å². The van der Waals surface area contributed by atoms with Crippen LogP contribution in [0.3, 0.4) is 0 Å². The van der Waals surface area contributed by atoms with Crippen LogP contribution in [0.5, 0.6) is 0 Å². The molecule has 0 unspecified atom stereocenters. The summed E-state index contributed by atoms with van der Waals surface area (Å²) in [5.41, 5.74) is 1.38. The zero-order valence-electron chi connectivity index (χ0n) is 18.0. The fourth-order valence-corrected chi connectivity index (χ4v) is 4.11. The van der Waals surface area contributed by atoms with Crippen LogP contribution >= 0.6 is 23.2 Å². The molecule has 0 atom stereocenters. The third kappa shape index (κ3) is 6.13. The fourth-order valence-electron chi connectivity index (χ4n) is 3.69. The van der Waals surface area contributed by atoms with E-state index < -0.39 is 0 Å². The summed E-state index contributed by atoms with van der Waals surface area (Å²) in [6, 6.07) is 14.5. The number of benzene rings is 2. The van der Waals surface area contributed by atoms with Gasteiger partial charge in [0.05, 0.1) is 28.5 Å². The van der Waals surface area contributed by atoms with E-state index in [9.17, 15) is 9.59 Å². The summed E-state index contributed by atoms with van der Waals surface area (Å²) in [5.74, 6) is 1.02. The van der Waals surface area contributed by atoms with E-state index in [1.54, 1.807) is 24.4 Å². The van der Waals surface area contributed by atoms with Gasteiger partial charge in [-0.3, -0.25) is 14.5 Å². The first kappa shape index (κ1) is 23.3. The molecule has 1 N–H and O–H groups in total. The van der Waals surface area contributed by atoms with Crippen molar-refractivity contribution in [2.45, 2.75) is 12.8 Å². The predicted octanol–water partition coefficient (Wildman–Crippen LogP) is 4.36. The predicted molar refractivity (Wildman–Crippen MR) is 128 cm³/mol. The van der Waals surface area contributed by atoms with Crippen molar-refractivity contribution in [2.24, 2.45) is 0 Å². The number of anilines is 1. The van der Waals surface area contributed by atoms with Crippen LogP contribution in [0.15, 0.2) is 59.1 Å². The second-order valence-corrected chi connectivity index (χ2v) is 8.60. The molecule has 2 amide bonds. The second kappa shape index (κ2) is 10.8. The standard InChI is InChI=1S/C24H24Cl2N4O3/c25-18-6-2-1-5-17(18)21-15-27-23(33-21)9-10-24(32)30-13-11-29(12-14-30)16-22(31)28-20-8-4-3-7-19(20)26/h1-8,15H,9-14,16H2,(H,28,31). The molecule has 0 saturated carbocycles. The Morgan fingerprint density at radius 2 is 1.67 bits per heavy atom. The third-order valence-corrected chi connectivity index (χ3v) is 6.14. The first-order valence-electron chi connectivity index (χ1n) is 10.7. The zero-order chi connectivity index (χ0) is 23.2. The molecule has 3 aromatic rings. The number of amides is 2. The number of para-hydroxylation sites is 1. The number of halogens is 2. The maximum Gasteiger partial charge on any atom is 0.238 e. The van der Waals surface area contributed by atoms with Gasteiger partial charge in [0, 0.05) is 44.6 Å². The lowest BCUT2D eigenvalue weighted by molar-refractivity contribution is -0.133. The molecular formula is C24H24Cl2N4O3. The minimum Gasteiger partial charge on any atom is -0.441 e. The van der Waals surface area contributed by atoms with Gasteiger partial charge in [-0.25, -0.2) is 4.98 Å². The minimum absolute atomic E-state index is 0.0488. The van der Waals surface area contributed by atoms with Gasteiger partial charge in [-0.15, -0.1) is 0 Å². The lowest BCUT2D eigenvalue weighted by atomic mass is 10.2. The van der Waals surface area contributed by atoms with Crippen molar-refractivity contribution in [1.29, 1.82) is 0 Å². The van der Waals surface area contributed by atoms with Crippen molar-refractivity contribution < 1.29 is 14.0 Å².